The van der Waals surface area contributed by atoms with Crippen LogP contribution >= 0.6 is 15.9 Å². The number of rotatable bonds is 3. The van der Waals surface area contributed by atoms with E-state index in [1.807, 2.05) is 0 Å². The van der Waals surface area contributed by atoms with Gasteiger partial charge in [0.15, 0.2) is 0 Å². The number of nitrogens with zero attached hydrogens (tertiary/aromatic N) is 1. The molecule has 2 aromatic carbocycles. The molecule has 4 atom stereocenters. The van der Waals surface area contributed by atoms with Crippen LogP contribution in [0.1, 0.15) is 16.8 Å². The van der Waals surface area contributed by atoms with Crippen molar-refractivity contribution in [2.24, 2.45) is 23.7 Å². The van der Waals surface area contributed by atoms with Crippen LogP contribution < -0.4 is 9.64 Å². The first-order chi connectivity index (χ1) is 13.5. The minimum atomic E-state index is -0.493. The number of esters is 1. The number of carbonyl (C=O) groups is 3. The highest BCUT2D eigenvalue weighted by molar-refractivity contribution is 9.10. The van der Waals surface area contributed by atoms with Crippen LogP contribution in [0.4, 0.5) is 5.69 Å². The largest absolute Gasteiger partial charge is 0.423 e. The molecular weight excluding hydrogens is 422 g/mol. The highest BCUT2D eigenvalue weighted by Crippen LogP contribution is 2.53. The second-order valence-electron chi connectivity index (χ2n) is 7.40. The zero-order valence-corrected chi connectivity index (χ0v) is 16.3. The van der Waals surface area contributed by atoms with E-state index in [9.17, 15) is 14.4 Å². The molecule has 140 valence electrons. The first-order valence-electron chi connectivity index (χ1n) is 9.17. The van der Waals surface area contributed by atoms with Crippen LogP contribution in [0.3, 0.4) is 0 Å². The van der Waals surface area contributed by atoms with Gasteiger partial charge in [0.25, 0.3) is 0 Å². The molecule has 1 saturated carbocycles. The van der Waals surface area contributed by atoms with Crippen molar-refractivity contribution < 1.29 is 19.1 Å². The number of hydrogen-bond acceptors (Lipinski definition) is 4. The maximum atomic E-state index is 12.9. The van der Waals surface area contributed by atoms with Crippen LogP contribution in [0, 0.1) is 23.7 Å². The third-order valence-corrected chi connectivity index (χ3v) is 6.38. The molecule has 1 saturated heterocycles. The second-order valence-corrected chi connectivity index (χ2v) is 8.32. The molecule has 6 heteroatoms. The van der Waals surface area contributed by atoms with Gasteiger partial charge in [-0.1, -0.05) is 28.1 Å². The summed E-state index contributed by atoms with van der Waals surface area (Å²) in [5, 5.41) is 0. The summed E-state index contributed by atoms with van der Waals surface area (Å²) in [5.41, 5.74) is 0.858. The number of anilines is 1. The smallest absolute Gasteiger partial charge is 0.343 e. The molecule has 2 aromatic rings. The molecular formula is C22H16BrNO4. The van der Waals surface area contributed by atoms with E-state index < -0.39 is 5.97 Å². The lowest BCUT2D eigenvalue weighted by atomic mass is 9.85. The third-order valence-electron chi connectivity index (χ3n) is 5.86. The number of amides is 2. The summed E-state index contributed by atoms with van der Waals surface area (Å²) in [6, 6.07) is 13.4. The lowest BCUT2D eigenvalue weighted by molar-refractivity contribution is -0.123. The molecule has 0 aromatic heterocycles. The van der Waals surface area contributed by atoms with Crippen molar-refractivity contribution in [3.05, 3.63) is 70.7 Å². The molecule has 0 unspecified atom stereocenters. The number of benzene rings is 2. The predicted octanol–water partition coefficient (Wildman–Crippen LogP) is 3.98. The van der Waals surface area contributed by atoms with Gasteiger partial charge < -0.3 is 4.74 Å². The van der Waals surface area contributed by atoms with Crippen LogP contribution in [-0.4, -0.2) is 17.8 Å². The van der Waals surface area contributed by atoms with Crippen molar-refractivity contribution >= 4 is 39.4 Å². The van der Waals surface area contributed by atoms with Gasteiger partial charge in [0.2, 0.25) is 11.8 Å². The molecule has 2 fully saturated rings. The normalized spacial score (nSPS) is 27.4. The van der Waals surface area contributed by atoms with Crippen molar-refractivity contribution in [2.45, 2.75) is 6.42 Å². The Kier molecular flexibility index (Phi) is 3.98. The Morgan fingerprint density at radius 1 is 0.893 bits per heavy atom. The van der Waals surface area contributed by atoms with Crippen molar-refractivity contribution in [1.29, 1.82) is 0 Å². The number of halogens is 1. The zero-order chi connectivity index (χ0) is 19.4. The highest BCUT2D eigenvalue weighted by Gasteiger charge is 2.59. The Balaban J connectivity index is 1.34. The van der Waals surface area contributed by atoms with Gasteiger partial charge in [-0.15, -0.1) is 0 Å². The van der Waals surface area contributed by atoms with Gasteiger partial charge in [-0.05, 0) is 66.8 Å². The molecule has 2 aliphatic carbocycles. The molecule has 3 aliphatic rings. The average Bonchev–Trinajstić information content (AvgIpc) is 3.38. The fourth-order valence-electron chi connectivity index (χ4n) is 4.57. The quantitative estimate of drug-likeness (QED) is 0.315. The highest BCUT2D eigenvalue weighted by atomic mass is 79.9. The van der Waals surface area contributed by atoms with E-state index in [1.54, 1.807) is 48.5 Å². The average molecular weight is 438 g/mol. The molecule has 5 nitrogen and oxygen atoms in total. The molecule has 2 amide bonds. The maximum Gasteiger partial charge on any atom is 0.343 e. The molecule has 5 rings (SSSR count). The van der Waals surface area contributed by atoms with E-state index in [1.165, 1.54) is 4.90 Å². The maximum absolute atomic E-state index is 12.9. The van der Waals surface area contributed by atoms with Crippen molar-refractivity contribution in [3.63, 3.8) is 0 Å². The lowest BCUT2D eigenvalue weighted by Crippen LogP contribution is -2.32. The molecule has 28 heavy (non-hydrogen) atoms. The third kappa shape index (κ3) is 2.63. The SMILES string of the molecule is O=C(Oc1ccc(Br)cc1)c1ccc(N2C(=O)[C@@H]3[C@@H](C2=O)[C@H]2C=C[C@H]3C2)cc1. The molecule has 1 aliphatic heterocycles. The summed E-state index contributed by atoms with van der Waals surface area (Å²) in [6.45, 7) is 0. The lowest BCUT2D eigenvalue weighted by Gasteiger charge is -2.17. The Morgan fingerprint density at radius 2 is 1.46 bits per heavy atom. The fraction of sp³-hybridized carbons (Fsp3) is 0.227. The van der Waals surface area contributed by atoms with Gasteiger partial charge in [-0.3, -0.25) is 14.5 Å². The Morgan fingerprint density at radius 3 is 2.04 bits per heavy atom. The number of ether oxygens (including phenoxy) is 1. The van der Waals surface area contributed by atoms with Gasteiger partial charge in [0, 0.05) is 4.47 Å². The van der Waals surface area contributed by atoms with E-state index in [4.69, 9.17) is 4.74 Å². The van der Waals surface area contributed by atoms with Crippen LogP contribution in [0.15, 0.2) is 65.2 Å². The van der Waals surface area contributed by atoms with E-state index >= 15 is 0 Å². The second kappa shape index (κ2) is 6.41. The summed E-state index contributed by atoms with van der Waals surface area (Å²) in [5.74, 6) is -0.415. The molecule has 2 bridgehead atoms. The molecule has 0 radical (unpaired) electrons. The Labute approximate surface area is 170 Å². The topological polar surface area (TPSA) is 63.7 Å². The summed E-state index contributed by atoms with van der Waals surface area (Å²) in [7, 11) is 0. The number of carbonyl (C=O) groups excluding carboxylic acids is 3. The Bertz CT molecular complexity index is 982. The van der Waals surface area contributed by atoms with Crippen LogP contribution in [-0.2, 0) is 9.59 Å². The van der Waals surface area contributed by atoms with Gasteiger partial charge in [0.1, 0.15) is 5.75 Å². The Hall–Kier alpha value is -2.73. The van der Waals surface area contributed by atoms with E-state index in [2.05, 4.69) is 28.1 Å². The van der Waals surface area contributed by atoms with Crippen molar-refractivity contribution in [1.82, 2.24) is 0 Å². The van der Waals surface area contributed by atoms with Crippen LogP contribution in [0.5, 0.6) is 5.75 Å². The minimum absolute atomic E-state index is 0.128. The molecule has 1 heterocycles. The summed E-state index contributed by atoms with van der Waals surface area (Å²) in [4.78, 5) is 39.3. The van der Waals surface area contributed by atoms with Gasteiger partial charge in [0.05, 0.1) is 23.1 Å². The summed E-state index contributed by atoms with van der Waals surface area (Å²) >= 11 is 3.33. The predicted molar refractivity (Wildman–Crippen MR) is 106 cm³/mol. The zero-order valence-electron chi connectivity index (χ0n) is 14.7. The van der Waals surface area contributed by atoms with Gasteiger partial charge >= 0.3 is 5.97 Å². The first-order valence-corrected chi connectivity index (χ1v) is 9.96. The van der Waals surface area contributed by atoms with Crippen molar-refractivity contribution in [2.75, 3.05) is 4.90 Å². The number of allylic oxidation sites excluding steroid dienone is 2. The number of fused-ring (bicyclic) bond motifs is 5. The molecule has 0 N–H and O–H groups in total. The van der Waals surface area contributed by atoms with Gasteiger partial charge in [-0.2, -0.15) is 0 Å². The van der Waals surface area contributed by atoms with Crippen LogP contribution in [0.2, 0.25) is 0 Å². The van der Waals surface area contributed by atoms with Crippen molar-refractivity contribution in [3.8, 4) is 5.75 Å². The monoisotopic (exact) mass is 437 g/mol. The summed E-state index contributed by atoms with van der Waals surface area (Å²) in [6.07, 6.45) is 5.05. The number of imide groups is 1. The molecule has 0 spiro atoms. The van der Waals surface area contributed by atoms with E-state index in [0.717, 1.165) is 10.9 Å². The standard InChI is InChI=1S/C22H16BrNO4/c23-15-5-9-17(10-6-15)28-22(27)12-3-7-16(8-4-12)24-20(25)18-13-1-2-14(11-13)19(18)21(24)26/h1-10,13-14,18-19H,11H2/t13-,14-,18-,19-/m0/s1. The number of hydrogen-bond donors (Lipinski definition) is 0. The van der Waals surface area contributed by atoms with E-state index in [0.29, 0.717) is 17.0 Å². The van der Waals surface area contributed by atoms with E-state index in [-0.39, 0.29) is 35.5 Å². The summed E-state index contributed by atoms with van der Waals surface area (Å²) < 4.78 is 6.24. The van der Waals surface area contributed by atoms with Gasteiger partial charge in [-0.25, -0.2) is 4.79 Å². The van der Waals surface area contributed by atoms with Crippen LogP contribution in [0.25, 0.3) is 0 Å². The first kappa shape index (κ1) is 17.4. The minimum Gasteiger partial charge on any atom is -0.423 e. The fourth-order valence-corrected chi connectivity index (χ4v) is 4.84.